The van der Waals surface area contributed by atoms with Gasteiger partial charge in [0.15, 0.2) is 0 Å². The number of methoxy groups -OCH3 is 1. The number of benzene rings is 1. The lowest BCUT2D eigenvalue weighted by Gasteiger charge is -2.30. The van der Waals surface area contributed by atoms with Crippen molar-refractivity contribution in [2.45, 2.75) is 12.5 Å². The molecule has 1 aromatic heterocycles. The maximum absolute atomic E-state index is 5.28. The van der Waals surface area contributed by atoms with Crippen LogP contribution in [-0.2, 0) is 0 Å². The maximum Gasteiger partial charge on any atom is 0.118 e. The van der Waals surface area contributed by atoms with E-state index in [9.17, 15) is 0 Å². The molecule has 1 saturated heterocycles. The van der Waals surface area contributed by atoms with Gasteiger partial charge in [-0.1, -0.05) is 18.2 Å². The molecule has 0 spiro atoms. The monoisotopic (exact) mass is 297 g/mol. The second kappa shape index (κ2) is 7.38. The molecule has 0 bridgehead atoms. The van der Waals surface area contributed by atoms with Gasteiger partial charge in [-0.25, -0.2) is 0 Å². The molecule has 3 rings (SSSR count). The van der Waals surface area contributed by atoms with Crippen molar-refractivity contribution >= 4 is 0 Å². The van der Waals surface area contributed by atoms with Crippen molar-refractivity contribution in [1.82, 2.24) is 15.2 Å². The van der Waals surface area contributed by atoms with Crippen molar-refractivity contribution in [2.24, 2.45) is 0 Å². The van der Waals surface area contributed by atoms with Gasteiger partial charge in [0.25, 0.3) is 0 Å². The normalized spacial score (nSPS) is 17.7. The molecule has 22 heavy (non-hydrogen) atoms. The quantitative estimate of drug-likeness (QED) is 0.941. The lowest BCUT2D eigenvalue weighted by molar-refractivity contribution is 0.237. The highest BCUT2D eigenvalue weighted by atomic mass is 16.5. The topological polar surface area (TPSA) is 37.4 Å². The molecule has 1 N–H and O–H groups in total. The zero-order valence-electron chi connectivity index (χ0n) is 13.0. The van der Waals surface area contributed by atoms with E-state index >= 15 is 0 Å². The molecule has 4 nitrogen and oxygen atoms in total. The molecule has 0 aliphatic carbocycles. The average Bonchev–Trinajstić information content (AvgIpc) is 2.86. The van der Waals surface area contributed by atoms with Crippen LogP contribution in [-0.4, -0.2) is 43.2 Å². The van der Waals surface area contributed by atoms with Gasteiger partial charge in [0.1, 0.15) is 5.75 Å². The van der Waals surface area contributed by atoms with Gasteiger partial charge in [-0.3, -0.25) is 9.88 Å². The number of nitrogens with one attached hydrogen (secondary N) is 1. The smallest absolute Gasteiger partial charge is 0.118 e. The summed E-state index contributed by atoms with van der Waals surface area (Å²) in [4.78, 5) is 7.13. The molecule has 0 radical (unpaired) electrons. The number of aromatic nitrogens is 1. The summed E-state index contributed by atoms with van der Waals surface area (Å²) in [5, 5.41) is 3.47. The molecule has 4 heteroatoms. The lowest BCUT2D eigenvalue weighted by atomic mass is 10.0. The van der Waals surface area contributed by atoms with Crippen LogP contribution in [0.15, 0.2) is 48.7 Å². The van der Waals surface area contributed by atoms with Crippen molar-refractivity contribution in [1.29, 1.82) is 0 Å². The minimum atomic E-state index is 0.201. The van der Waals surface area contributed by atoms with Gasteiger partial charge in [-0.05, 0) is 42.8 Å². The summed E-state index contributed by atoms with van der Waals surface area (Å²) in [6.45, 7) is 4.24. The predicted molar refractivity (Wildman–Crippen MR) is 88.1 cm³/mol. The Morgan fingerprint density at radius 1 is 1.09 bits per heavy atom. The zero-order chi connectivity index (χ0) is 15.2. The largest absolute Gasteiger partial charge is 0.497 e. The fourth-order valence-electron chi connectivity index (χ4n) is 3.02. The van der Waals surface area contributed by atoms with Crippen LogP contribution in [0.3, 0.4) is 0 Å². The molecular formula is C18H23N3O. The molecule has 2 heterocycles. The first-order chi connectivity index (χ1) is 10.9. The Bertz CT molecular complexity index is 563. The molecule has 2 aromatic rings. The Hall–Kier alpha value is -1.91. The third kappa shape index (κ3) is 3.46. The second-order valence-corrected chi connectivity index (χ2v) is 5.57. The van der Waals surface area contributed by atoms with E-state index in [1.54, 1.807) is 7.11 Å². The van der Waals surface area contributed by atoms with Crippen molar-refractivity contribution in [2.75, 3.05) is 33.3 Å². The number of rotatable bonds is 4. The number of hydrogen-bond donors (Lipinski definition) is 1. The lowest BCUT2D eigenvalue weighted by Crippen LogP contribution is -2.33. The first kappa shape index (κ1) is 15.0. The summed E-state index contributed by atoms with van der Waals surface area (Å²) < 4.78 is 5.28. The van der Waals surface area contributed by atoms with E-state index < -0.39 is 0 Å². The average molecular weight is 297 g/mol. The summed E-state index contributed by atoms with van der Waals surface area (Å²) in [6.07, 6.45) is 3.04. The van der Waals surface area contributed by atoms with Gasteiger partial charge < -0.3 is 10.1 Å². The minimum Gasteiger partial charge on any atom is -0.497 e. The van der Waals surface area contributed by atoms with Gasteiger partial charge in [0.05, 0.1) is 18.8 Å². The van der Waals surface area contributed by atoms with Crippen LogP contribution in [0.2, 0.25) is 0 Å². The van der Waals surface area contributed by atoms with Crippen LogP contribution >= 0.6 is 0 Å². The minimum absolute atomic E-state index is 0.201. The van der Waals surface area contributed by atoms with E-state index in [4.69, 9.17) is 4.74 Å². The van der Waals surface area contributed by atoms with Crippen molar-refractivity contribution in [3.05, 3.63) is 59.9 Å². The Morgan fingerprint density at radius 3 is 2.68 bits per heavy atom. The van der Waals surface area contributed by atoms with Crippen LogP contribution < -0.4 is 10.1 Å². The number of hydrogen-bond acceptors (Lipinski definition) is 4. The SMILES string of the molecule is COc1ccc(C(c2ccccn2)N2CCCNCC2)cc1. The molecule has 0 saturated carbocycles. The van der Waals surface area contributed by atoms with Gasteiger partial charge in [-0.15, -0.1) is 0 Å². The van der Waals surface area contributed by atoms with Crippen LogP contribution in [0.5, 0.6) is 5.75 Å². The Kier molecular flexibility index (Phi) is 5.03. The number of nitrogens with zero attached hydrogens (tertiary/aromatic N) is 2. The summed E-state index contributed by atoms with van der Waals surface area (Å²) in [5.41, 5.74) is 2.37. The van der Waals surface area contributed by atoms with Crippen molar-refractivity contribution in [3.8, 4) is 5.75 Å². The first-order valence-electron chi connectivity index (χ1n) is 7.88. The predicted octanol–water partition coefficient (Wildman–Crippen LogP) is 2.47. The Morgan fingerprint density at radius 2 is 1.95 bits per heavy atom. The fourth-order valence-corrected chi connectivity index (χ4v) is 3.02. The molecule has 1 unspecified atom stereocenters. The van der Waals surface area contributed by atoms with Crippen molar-refractivity contribution < 1.29 is 4.74 Å². The highest BCUT2D eigenvalue weighted by molar-refractivity contribution is 5.33. The molecule has 1 atom stereocenters. The van der Waals surface area contributed by atoms with Gasteiger partial charge >= 0.3 is 0 Å². The van der Waals surface area contributed by atoms with E-state index in [-0.39, 0.29) is 6.04 Å². The van der Waals surface area contributed by atoms with E-state index in [0.29, 0.717) is 0 Å². The molecule has 0 amide bonds. The van der Waals surface area contributed by atoms with Crippen LogP contribution in [0.1, 0.15) is 23.7 Å². The zero-order valence-corrected chi connectivity index (χ0v) is 13.0. The molecule has 1 aliphatic heterocycles. The first-order valence-corrected chi connectivity index (χ1v) is 7.88. The van der Waals surface area contributed by atoms with Gasteiger partial charge in [-0.2, -0.15) is 0 Å². The fraction of sp³-hybridized carbons (Fsp3) is 0.389. The summed E-state index contributed by atoms with van der Waals surface area (Å²) in [5.74, 6) is 0.890. The molecular weight excluding hydrogens is 274 g/mol. The number of pyridine rings is 1. The second-order valence-electron chi connectivity index (χ2n) is 5.57. The molecule has 1 aromatic carbocycles. The molecule has 116 valence electrons. The highest BCUT2D eigenvalue weighted by Gasteiger charge is 2.24. The summed E-state index contributed by atoms with van der Waals surface area (Å²) >= 11 is 0. The third-order valence-corrected chi connectivity index (χ3v) is 4.14. The van der Waals surface area contributed by atoms with Gasteiger partial charge in [0.2, 0.25) is 0 Å². The molecule has 1 fully saturated rings. The van der Waals surface area contributed by atoms with E-state index in [2.05, 4.69) is 39.5 Å². The van der Waals surface area contributed by atoms with Crippen molar-refractivity contribution in [3.63, 3.8) is 0 Å². The van der Waals surface area contributed by atoms with Gasteiger partial charge in [0, 0.05) is 25.8 Å². The summed E-state index contributed by atoms with van der Waals surface area (Å²) in [6, 6.07) is 14.7. The van der Waals surface area contributed by atoms with E-state index in [0.717, 1.165) is 37.6 Å². The van der Waals surface area contributed by atoms with Crippen LogP contribution in [0, 0.1) is 0 Å². The van der Waals surface area contributed by atoms with Crippen LogP contribution in [0.25, 0.3) is 0 Å². The van der Waals surface area contributed by atoms with E-state index in [1.165, 1.54) is 12.0 Å². The highest BCUT2D eigenvalue weighted by Crippen LogP contribution is 2.29. The Labute approximate surface area is 132 Å². The summed E-state index contributed by atoms with van der Waals surface area (Å²) in [7, 11) is 1.70. The van der Waals surface area contributed by atoms with Crippen LogP contribution in [0.4, 0.5) is 0 Å². The molecule has 1 aliphatic rings. The Balaban J connectivity index is 1.94. The maximum atomic E-state index is 5.28. The standard InChI is InChI=1S/C18H23N3O/c1-22-16-8-6-15(7-9-16)18(17-5-2-3-11-20-17)21-13-4-10-19-12-14-21/h2-3,5-9,11,18-19H,4,10,12-14H2,1H3. The van der Waals surface area contributed by atoms with E-state index in [1.807, 2.05) is 24.4 Å². The third-order valence-electron chi connectivity index (χ3n) is 4.14. The number of ether oxygens (including phenoxy) is 1.